The average molecular weight is 450 g/mol. The number of unbranched alkanes of at least 4 members (excludes halogenated alkanes) is 1. The van der Waals surface area contributed by atoms with Gasteiger partial charge in [0.15, 0.2) is 0 Å². The van der Waals surface area contributed by atoms with Crippen molar-refractivity contribution < 1.29 is 5.11 Å². The number of piperidine rings is 1. The van der Waals surface area contributed by atoms with Crippen LogP contribution in [0.4, 0.5) is 11.5 Å². The second-order valence-electron chi connectivity index (χ2n) is 9.54. The number of likely N-dealkylation sites (tertiary alicyclic amines) is 1. The molecule has 4 rings (SSSR count). The molecule has 33 heavy (non-hydrogen) atoms. The average Bonchev–Trinajstić information content (AvgIpc) is 2.83. The zero-order valence-corrected chi connectivity index (χ0v) is 19.9. The van der Waals surface area contributed by atoms with Crippen LogP contribution in [0, 0.1) is 0 Å². The van der Waals surface area contributed by atoms with E-state index in [2.05, 4.69) is 39.1 Å². The lowest BCUT2D eigenvalue weighted by molar-refractivity contribution is 0.212. The Balaban J connectivity index is 1.59. The first-order chi connectivity index (χ1) is 15.9. The predicted molar refractivity (Wildman–Crippen MR) is 133 cm³/mol. The molecule has 8 heteroatoms. The van der Waals surface area contributed by atoms with Crippen LogP contribution in [0.15, 0.2) is 30.7 Å². The fraction of sp³-hybridized carbons (Fsp3) is 0.520. The van der Waals surface area contributed by atoms with Gasteiger partial charge in [-0.05, 0) is 52.4 Å². The van der Waals surface area contributed by atoms with Gasteiger partial charge in [-0.3, -0.25) is 4.98 Å². The zero-order chi connectivity index (χ0) is 23.4. The molecule has 0 radical (unpaired) electrons. The van der Waals surface area contributed by atoms with Gasteiger partial charge in [-0.15, -0.1) is 0 Å². The van der Waals surface area contributed by atoms with Crippen LogP contribution in [0.3, 0.4) is 0 Å². The van der Waals surface area contributed by atoms with Crippen molar-refractivity contribution in [2.45, 2.75) is 57.4 Å². The predicted octanol–water partition coefficient (Wildman–Crippen LogP) is 3.83. The number of rotatable bonds is 8. The fourth-order valence-electron chi connectivity index (χ4n) is 4.42. The van der Waals surface area contributed by atoms with Crippen molar-refractivity contribution in [2.24, 2.45) is 0 Å². The summed E-state index contributed by atoms with van der Waals surface area (Å²) in [6.45, 7) is 6.35. The van der Waals surface area contributed by atoms with Crippen molar-refractivity contribution in [1.29, 1.82) is 0 Å². The summed E-state index contributed by atoms with van der Waals surface area (Å²) in [7, 11) is 2.16. The molecule has 1 saturated heterocycles. The summed E-state index contributed by atoms with van der Waals surface area (Å²) < 4.78 is 0. The van der Waals surface area contributed by atoms with Gasteiger partial charge in [-0.25, -0.2) is 15.0 Å². The summed E-state index contributed by atoms with van der Waals surface area (Å²) in [5.74, 6) is 1.76. The molecule has 0 spiro atoms. The number of hydrogen-bond acceptors (Lipinski definition) is 8. The number of aliphatic hydroxyl groups excluding tert-OH is 1. The quantitative estimate of drug-likeness (QED) is 0.475. The smallest absolute Gasteiger partial charge is 0.131 e. The van der Waals surface area contributed by atoms with Crippen molar-refractivity contribution >= 4 is 22.5 Å². The maximum Gasteiger partial charge on any atom is 0.131 e. The van der Waals surface area contributed by atoms with Crippen LogP contribution < -0.4 is 11.1 Å². The van der Waals surface area contributed by atoms with Crippen LogP contribution >= 0.6 is 0 Å². The number of fused-ring (bicyclic) bond motifs is 1. The Bertz CT molecular complexity index is 1080. The molecule has 8 nitrogen and oxygen atoms in total. The lowest BCUT2D eigenvalue weighted by Crippen LogP contribution is -2.38. The lowest BCUT2D eigenvalue weighted by Gasteiger charge is -2.30. The van der Waals surface area contributed by atoms with E-state index in [4.69, 9.17) is 10.7 Å². The van der Waals surface area contributed by atoms with Crippen LogP contribution in [-0.2, 0) is 0 Å². The van der Waals surface area contributed by atoms with Gasteiger partial charge in [0, 0.05) is 41.7 Å². The third-order valence-electron chi connectivity index (χ3n) is 6.62. The fourth-order valence-corrected chi connectivity index (χ4v) is 4.42. The molecule has 0 saturated carbocycles. The second kappa shape index (κ2) is 9.97. The van der Waals surface area contributed by atoms with Crippen molar-refractivity contribution in [3.8, 4) is 11.1 Å². The normalized spacial score (nSPS) is 17.2. The zero-order valence-electron chi connectivity index (χ0n) is 19.9. The monoisotopic (exact) mass is 449 g/mol. The molecular formula is C25H35N7O. The Labute approximate surface area is 195 Å². The highest BCUT2D eigenvalue weighted by Crippen LogP contribution is 2.31. The van der Waals surface area contributed by atoms with E-state index in [1.54, 1.807) is 6.07 Å². The minimum Gasteiger partial charge on any atom is -0.394 e. The van der Waals surface area contributed by atoms with Gasteiger partial charge in [0.1, 0.15) is 17.2 Å². The molecule has 1 aliphatic rings. The Morgan fingerprint density at radius 2 is 1.82 bits per heavy atom. The molecule has 0 bridgehead atoms. The van der Waals surface area contributed by atoms with Crippen LogP contribution in [0.5, 0.6) is 0 Å². The lowest BCUT2D eigenvalue weighted by atomic mass is 9.95. The van der Waals surface area contributed by atoms with Crippen molar-refractivity contribution in [3.05, 3.63) is 36.5 Å². The van der Waals surface area contributed by atoms with Crippen LogP contribution in [0.1, 0.15) is 57.7 Å². The summed E-state index contributed by atoms with van der Waals surface area (Å²) in [6.07, 6.45) is 10.7. The van der Waals surface area contributed by atoms with E-state index in [1.165, 1.54) is 0 Å². The van der Waals surface area contributed by atoms with Gasteiger partial charge in [-0.1, -0.05) is 19.8 Å². The van der Waals surface area contributed by atoms with E-state index < -0.39 is 5.54 Å². The molecule has 3 aromatic rings. The number of hydrogen-bond donors (Lipinski definition) is 3. The van der Waals surface area contributed by atoms with E-state index in [-0.39, 0.29) is 6.61 Å². The highest BCUT2D eigenvalue weighted by Gasteiger charge is 2.24. The number of anilines is 2. The minimum absolute atomic E-state index is 0.0236. The van der Waals surface area contributed by atoms with E-state index in [1.807, 2.05) is 31.6 Å². The molecular weight excluding hydrogens is 414 g/mol. The van der Waals surface area contributed by atoms with E-state index in [9.17, 15) is 5.11 Å². The molecule has 1 fully saturated rings. The van der Waals surface area contributed by atoms with Crippen molar-refractivity contribution in [1.82, 2.24) is 24.8 Å². The van der Waals surface area contributed by atoms with Gasteiger partial charge in [0.25, 0.3) is 0 Å². The van der Waals surface area contributed by atoms with E-state index in [0.717, 1.165) is 73.3 Å². The molecule has 176 valence electrons. The van der Waals surface area contributed by atoms with Crippen LogP contribution in [-0.4, -0.2) is 62.2 Å². The van der Waals surface area contributed by atoms with Gasteiger partial charge in [0.05, 0.1) is 23.3 Å². The summed E-state index contributed by atoms with van der Waals surface area (Å²) in [6, 6.07) is 3.76. The molecule has 4 heterocycles. The number of nitrogens with one attached hydrogen (secondary N) is 1. The minimum atomic E-state index is -0.450. The molecule has 4 N–H and O–H groups in total. The third-order valence-corrected chi connectivity index (χ3v) is 6.62. The van der Waals surface area contributed by atoms with Crippen LogP contribution in [0.25, 0.3) is 22.2 Å². The summed E-state index contributed by atoms with van der Waals surface area (Å²) in [4.78, 5) is 20.9. The SMILES string of the molecule is CCCC[C@](C)(CO)Nc1cc(N)nc2cc(-c3cnc(C4CCN(C)CC4)nc3)cnc12. The molecule has 1 aliphatic heterocycles. The molecule has 0 amide bonds. The second-order valence-corrected chi connectivity index (χ2v) is 9.54. The Hall–Kier alpha value is -2.84. The topological polar surface area (TPSA) is 113 Å². The number of pyridine rings is 2. The van der Waals surface area contributed by atoms with E-state index >= 15 is 0 Å². The maximum atomic E-state index is 9.99. The highest BCUT2D eigenvalue weighted by molar-refractivity contribution is 5.91. The molecule has 1 atom stereocenters. The maximum absolute atomic E-state index is 9.99. The third kappa shape index (κ3) is 5.39. The largest absolute Gasteiger partial charge is 0.394 e. The summed E-state index contributed by atoms with van der Waals surface area (Å²) in [5.41, 5.74) is 9.68. The Kier molecular flexibility index (Phi) is 7.05. The van der Waals surface area contributed by atoms with Gasteiger partial charge in [0.2, 0.25) is 0 Å². The molecule has 0 aromatic carbocycles. The number of nitrogen functional groups attached to an aromatic ring is 1. The Morgan fingerprint density at radius 3 is 2.48 bits per heavy atom. The first-order valence-electron chi connectivity index (χ1n) is 11.9. The van der Waals surface area contributed by atoms with Gasteiger partial charge < -0.3 is 21.1 Å². The molecule has 0 unspecified atom stereocenters. The summed E-state index contributed by atoms with van der Waals surface area (Å²) in [5, 5.41) is 13.5. The highest BCUT2D eigenvalue weighted by atomic mass is 16.3. The number of aromatic nitrogens is 4. The van der Waals surface area contributed by atoms with Crippen molar-refractivity contribution in [2.75, 3.05) is 37.8 Å². The van der Waals surface area contributed by atoms with Gasteiger partial charge >= 0.3 is 0 Å². The summed E-state index contributed by atoms with van der Waals surface area (Å²) >= 11 is 0. The van der Waals surface area contributed by atoms with E-state index in [0.29, 0.717) is 17.3 Å². The van der Waals surface area contributed by atoms with Gasteiger partial charge in [-0.2, -0.15) is 0 Å². The molecule has 0 aliphatic carbocycles. The number of aliphatic hydroxyl groups is 1. The number of nitrogens with two attached hydrogens (primary N) is 1. The number of nitrogens with zero attached hydrogens (tertiary/aromatic N) is 5. The first kappa shape index (κ1) is 23.3. The standard InChI is InChI=1S/C25H35N7O/c1-4-5-8-25(2,16-33)31-21-12-22(26)30-20-11-18(13-27-23(20)21)19-14-28-24(29-15-19)17-6-9-32(3)10-7-17/h11-15,17,33H,4-10,16H2,1-3H3,(H3,26,30,31)/t25-/m1/s1. The van der Waals surface area contributed by atoms with Crippen molar-refractivity contribution in [3.63, 3.8) is 0 Å². The van der Waals surface area contributed by atoms with Crippen LogP contribution in [0.2, 0.25) is 0 Å². The Morgan fingerprint density at radius 1 is 1.12 bits per heavy atom. The first-order valence-corrected chi connectivity index (χ1v) is 11.9. The molecule has 3 aromatic heterocycles.